The molecule has 3 aliphatic carbocycles. The Morgan fingerprint density at radius 2 is 1.63 bits per heavy atom. The van der Waals surface area contributed by atoms with Gasteiger partial charge in [-0.1, -0.05) is 27.7 Å². The lowest BCUT2D eigenvalue weighted by Gasteiger charge is -2.66. The lowest BCUT2D eigenvalue weighted by Crippen LogP contribution is -2.62. The zero-order valence-corrected chi connectivity index (χ0v) is 18.1. The average Bonchev–Trinajstić information content (AvgIpc) is 2.92. The second kappa shape index (κ2) is 5.94. The van der Waals surface area contributed by atoms with Crippen molar-refractivity contribution in [2.45, 2.75) is 72.3 Å². The fourth-order valence-electron chi connectivity index (χ4n) is 7.93. The Kier molecular flexibility index (Phi) is 4.33. The Bertz CT molecular complexity index is 744. The van der Waals surface area contributed by atoms with Crippen LogP contribution in [0.15, 0.2) is 0 Å². The van der Waals surface area contributed by atoms with Gasteiger partial charge in [0.2, 0.25) is 0 Å². The number of esters is 1. The quantitative estimate of drug-likeness (QED) is 0.523. The van der Waals surface area contributed by atoms with Gasteiger partial charge in [0, 0.05) is 5.92 Å². The maximum Gasteiger partial charge on any atom is 0.309 e. The summed E-state index contributed by atoms with van der Waals surface area (Å²) in [6.45, 7) is 9.80. The number of carbonyl (C=O) groups excluding carboxylic acids is 1. The van der Waals surface area contributed by atoms with Crippen molar-refractivity contribution in [1.29, 1.82) is 0 Å². The molecule has 0 N–H and O–H groups in total. The van der Waals surface area contributed by atoms with Gasteiger partial charge in [0.05, 0.1) is 24.9 Å². The third-order valence-corrected chi connectivity index (χ3v) is 9.71. The van der Waals surface area contributed by atoms with E-state index < -0.39 is 10.1 Å². The zero-order valence-electron chi connectivity index (χ0n) is 17.3. The van der Waals surface area contributed by atoms with E-state index >= 15 is 0 Å². The molecule has 0 aromatic rings. The molecule has 0 spiro atoms. The summed E-state index contributed by atoms with van der Waals surface area (Å²) in [6.07, 6.45) is 6.86. The molecule has 4 aliphatic rings. The fourth-order valence-corrected chi connectivity index (χ4v) is 8.69. The summed E-state index contributed by atoms with van der Waals surface area (Å²) < 4.78 is 34.6. The van der Waals surface area contributed by atoms with Gasteiger partial charge in [0.25, 0.3) is 10.1 Å². The van der Waals surface area contributed by atoms with E-state index in [0.29, 0.717) is 24.4 Å². The van der Waals surface area contributed by atoms with Gasteiger partial charge in [-0.05, 0) is 66.6 Å². The summed E-state index contributed by atoms with van der Waals surface area (Å²) in [5.74, 6) is 1.42. The largest absolute Gasteiger partial charge is 0.465 e. The number of rotatable bonds is 2. The van der Waals surface area contributed by atoms with Crippen molar-refractivity contribution in [1.82, 2.24) is 0 Å². The highest BCUT2D eigenvalue weighted by atomic mass is 32.2. The summed E-state index contributed by atoms with van der Waals surface area (Å²) in [4.78, 5) is 12.2. The predicted molar refractivity (Wildman–Crippen MR) is 102 cm³/mol. The topological polar surface area (TPSA) is 69.7 Å². The first-order valence-electron chi connectivity index (χ1n) is 10.4. The lowest BCUT2D eigenvalue weighted by molar-refractivity contribution is -0.191. The van der Waals surface area contributed by atoms with Crippen molar-refractivity contribution in [3.63, 3.8) is 0 Å². The number of hydrogen-bond acceptors (Lipinski definition) is 5. The third kappa shape index (κ3) is 2.80. The minimum Gasteiger partial charge on any atom is -0.465 e. The molecule has 0 amide bonds. The average molecular weight is 399 g/mol. The fraction of sp³-hybridized carbons (Fsp3) is 0.952. The van der Waals surface area contributed by atoms with Crippen molar-refractivity contribution in [2.75, 3.05) is 12.9 Å². The molecule has 6 heteroatoms. The van der Waals surface area contributed by atoms with Gasteiger partial charge in [-0.15, -0.1) is 0 Å². The molecule has 27 heavy (non-hydrogen) atoms. The van der Waals surface area contributed by atoms with Crippen LogP contribution in [-0.4, -0.2) is 33.4 Å². The molecular formula is C21H34O5S. The van der Waals surface area contributed by atoms with Gasteiger partial charge in [0.1, 0.15) is 0 Å². The van der Waals surface area contributed by atoms with Gasteiger partial charge in [-0.3, -0.25) is 8.98 Å². The molecule has 0 bridgehead atoms. The van der Waals surface area contributed by atoms with E-state index in [1.54, 1.807) is 0 Å². The van der Waals surface area contributed by atoms with Crippen molar-refractivity contribution >= 4 is 16.1 Å². The van der Waals surface area contributed by atoms with E-state index in [1.165, 1.54) is 0 Å². The first-order chi connectivity index (χ1) is 12.4. The van der Waals surface area contributed by atoms with Crippen molar-refractivity contribution in [2.24, 2.45) is 39.9 Å². The maximum atomic E-state index is 12.2. The van der Waals surface area contributed by atoms with Gasteiger partial charge in [-0.2, -0.15) is 8.42 Å². The molecule has 1 saturated heterocycles. The Labute approximate surface area is 163 Å². The molecule has 5 nitrogen and oxygen atoms in total. The molecule has 7 atom stereocenters. The van der Waals surface area contributed by atoms with Crippen LogP contribution in [0.5, 0.6) is 0 Å². The minimum absolute atomic E-state index is 0.0116. The monoisotopic (exact) mass is 398 g/mol. The number of ether oxygens (including phenoxy) is 1. The number of fused-ring (bicyclic) bond motifs is 5. The van der Waals surface area contributed by atoms with Gasteiger partial charge < -0.3 is 4.74 Å². The minimum atomic E-state index is -3.46. The first-order valence-corrected chi connectivity index (χ1v) is 12.3. The van der Waals surface area contributed by atoms with Crippen LogP contribution >= 0.6 is 0 Å². The Hall–Kier alpha value is -0.620. The molecule has 0 radical (unpaired) electrons. The van der Waals surface area contributed by atoms with Crippen LogP contribution in [0.2, 0.25) is 0 Å². The molecule has 0 unspecified atom stereocenters. The molecule has 0 aromatic carbocycles. The highest BCUT2D eigenvalue weighted by molar-refractivity contribution is 7.86. The van der Waals surface area contributed by atoms with Gasteiger partial charge in [-0.25, -0.2) is 0 Å². The second-order valence-electron chi connectivity index (χ2n) is 10.7. The van der Waals surface area contributed by atoms with E-state index in [-0.39, 0.29) is 34.2 Å². The molecule has 1 heterocycles. The van der Waals surface area contributed by atoms with E-state index in [9.17, 15) is 13.2 Å². The van der Waals surface area contributed by atoms with Crippen LogP contribution in [0.3, 0.4) is 0 Å². The number of carbonyl (C=O) groups is 1. The van der Waals surface area contributed by atoms with Crippen molar-refractivity contribution in [3.8, 4) is 0 Å². The van der Waals surface area contributed by atoms with Crippen LogP contribution in [-0.2, 0) is 23.8 Å². The van der Waals surface area contributed by atoms with E-state index in [4.69, 9.17) is 8.92 Å². The number of hydrogen-bond donors (Lipinski definition) is 0. The molecule has 0 aromatic heterocycles. The molecule has 4 fully saturated rings. The van der Waals surface area contributed by atoms with Gasteiger partial charge >= 0.3 is 5.97 Å². The Morgan fingerprint density at radius 1 is 0.963 bits per heavy atom. The molecule has 1 aliphatic heterocycles. The van der Waals surface area contributed by atoms with Gasteiger partial charge in [0.15, 0.2) is 0 Å². The Balaban J connectivity index is 1.66. The zero-order chi connectivity index (χ0) is 19.8. The molecule has 154 valence electrons. The summed E-state index contributed by atoms with van der Waals surface area (Å²) in [7, 11) is -3.46. The Morgan fingerprint density at radius 3 is 2.30 bits per heavy atom. The summed E-state index contributed by atoms with van der Waals surface area (Å²) in [6, 6.07) is 0. The predicted octanol–water partition coefficient (Wildman–Crippen LogP) is 3.77. The second-order valence-corrected chi connectivity index (χ2v) is 12.3. The first kappa shape index (κ1) is 19.7. The van der Waals surface area contributed by atoms with Crippen molar-refractivity contribution in [3.05, 3.63) is 0 Å². The standard InChI is InChI=1S/C21H34O5S/c1-19(2)15-8-10-20(3)14-12-25-18(22)13(14)6-7-16(20)21(15,4)11-9-17(19)26-27(5,23)24/h13-17H,6-12H2,1-5H3/t13-,14-,15+,16+,17+,20+,21+/m0/s1. The summed E-state index contributed by atoms with van der Waals surface area (Å²) in [5.41, 5.74) is 0.113. The smallest absolute Gasteiger partial charge is 0.309 e. The van der Waals surface area contributed by atoms with Crippen LogP contribution < -0.4 is 0 Å². The van der Waals surface area contributed by atoms with Crippen molar-refractivity contribution < 1.29 is 22.1 Å². The lowest BCUT2D eigenvalue weighted by atomic mass is 9.38. The normalized spacial score (nSPS) is 48.9. The van der Waals surface area contributed by atoms with E-state index in [0.717, 1.165) is 44.8 Å². The molecular weight excluding hydrogens is 364 g/mol. The summed E-state index contributed by atoms with van der Waals surface area (Å²) in [5, 5.41) is 0. The molecule has 3 saturated carbocycles. The highest BCUT2D eigenvalue weighted by Crippen LogP contribution is 2.70. The molecule has 4 rings (SSSR count). The SMILES string of the molecule is CC1(C)[C@H]2CC[C@@]3(C)[C@@H](CC[C@@H]4C(=O)OC[C@@H]43)[C@]2(C)CC[C@H]1OS(C)(=O)=O. The highest BCUT2D eigenvalue weighted by Gasteiger charge is 2.65. The number of cyclic esters (lactones) is 1. The van der Waals surface area contributed by atoms with Crippen LogP contribution in [0.25, 0.3) is 0 Å². The van der Waals surface area contributed by atoms with Crippen LogP contribution in [0.4, 0.5) is 0 Å². The third-order valence-electron chi connectivity index (χ3n) is 9.13. The van der Waals surface area contributed by atoms with E-state index in [1.807, 2.05) is 0 Å². The van der Waals surface area contributed by atoms with E-state index in [2.05, 4.69) is 27.7 Å². The summed E-state index contributed by atoms with van der Waals surface area (Å²) >= 11 is 0. The van der Waals surface area contributed by atoms with Crippen LogP contribution in [0, 0.1) is 39.9 Å². The maximum absolute atomic E-state index is 12.2. The van der Waals surface area contributed by atoms with Crippen LogP contribution in [0.1, 0.15) is 66.2 Å².